The van der Waals surface area contributed by atoms with Crippen LogP contribution in [0.3, 0.4) is 0 Å². The largest absolute Gasteiger partial charge is 0.484 e. The van der Waals surface area contributed by atoms with Crippen molar-refractivity contribution < 1.29 is 14.4 Å². The summed E-state index contributed by atoms with van der Waals surface area (Å²) in [5.41, 5.74) is 2.42. The molecule has 0 bridgehead atoms. The average molecular weight is 406 g/mol. The van der Waals surface area contributed by atoms with Gasteiger partial charge in [-0.2, -0.15) is 0 Å². The van der Waals surface area contributed by atoms with Gasteiger partial charge in [0.05, 0.1) is 13.1 Å². The van der Waals surface area contributed by atoms with Crippen LogP contribution in [-0.4, -0.2) is 25.6 Å². The summed E-state index contributed by atoms with van der Waals surface area (Å²) >= 11 is 3.38. The maximum Gasteiger partial charge on any atom is 0.258 e. The number of quaternary nitrogens is 1. The van der Waals surface area contributed by atoms with Crippen molar-refractivity contribution in [3.63, 3.8) is 0 Å². The third-order valence-electron chi connectivity index (χ3n) is 4.13. The number of carbonyl (C=O) groups is 1. The van der Waals surface area contributed by atoms with Gasteiger partial charge in [-0.05, 0) is 37.6 Å². The highest BCUT2D eigenvalue weighted by Crippen LogP contribution is 2.17. The van der Waals surface area contributed by atoms with E-state index in [2.05, 4.69) is 59.4 Å². The summed E-state index contributed by atoms with van der Waals surface area (Å²) < 4.78 is 6.41. The zero-order valence-corrected chi connectivity index (χ0v) is 16.4. The molecule has 5 heteroatoms. The summed E-state index contributed by atoms with van der Waals surface area (Å²) in [6, 6.07) is 15.9. The first-order valence-corrected chi connectivity index (χ1v) is 9.46. The minimum Gasteiger partial charge on any atom is -0.484 e. The summed E-state index contributed by atoms with van der Waals surface area (Å²) in [7, 11) is 0. The molecule has 0 saturated carbocycles. The van der Waals surface area contributed by atoms with E-state index in [0.717, 1.165) is 29.7 Å². The van der Waals surface area contributed by atoms with E-state index < -0.39 is 0 Å². The number of nitrogens with one attached hydrogen (secondary N) is 2. The summed E-state index contributed by atoms with van der Waals surface area (Å²) in [6.45, 7) is 8.25. The minimum absolute atomic E-state index is 0.0137. The van der Waals surface area contributed by atoms with E-state index >= 15 is 0 Å². The van der Waals surface area contributed by atoms with Crippen molar-refractivity contribution in [1.82, 2.24) is 5.32 Å². The van der Waals surface area contributed by atoms with Gasteiger partial charge in [0.25, 0.3) is 5.91 Å². The van der Waals surface area contributed by atoms with Crippen LogP contribution >= 0.6 is 15.9 Å². The molecule has 0 fully saturated rings. The molecule has 2 N–H and O–H groups in total. The predicted molar refractivity (Wildman–Crippen MR) is 104 cm³/mol. The molecule has 0 aliphatic rings. The molecule has 0 unspecified atom stereocenters. The Morgan fingerprint density at radius 2 is 1.76 bits per heavy atom. The van der Waals surface area contributed by atoms with E-state index in [1.165, 1.54) is 5.56 Å². The van der Waals surface area contributed by atoms with Gasteiger partial charge < -0.3 is 15.0 Å². The first-order valence-electron chi connectivity index (χ1n) is 8.67. The van der Waals surface area contributed by atoms with Gasteiger partial charge in [-0.3, -0.25) is 4.79 Å². The maximum atomic E-state index is 11.9. The van der Waals surface area contributed by atoms with Crippen LogP contribution in [0.2, 0.25) is 0 Å². The molecule has 2 aromatic rings. The molecule has 2 rings (SSSR count). The summed E-state index contributed by atoms with van der Waals surface area (Å²) in [6.07, 6.45) is 0. The van der Waals surface area contributed by atoms with Gasteiger partial charge in [-0.25, -0.2) is 0 Å². The lowest BCUT2D eigenvalue weighted by Crippen LogP contribution is -3.10. The maximum absolute atomic E-state index is 11.9. The monoisotopic (exact) mass is 405 g/mol. The van der Waals surface area contributed by atoms with Crippen LogP contribution in [0.1, 0.15) is 25.0 Å². The lowest BCUT2D eigenvalue weighted by Gasteiger charge is -2.15. The second-order valence-corrected chi connectivity index (χ2v) is 6.89. The highest BCUT2D eigenvalue weighted by atomic mass is 79.9. The van der Waals surface area contributed by atoms with E-state index in [4.69, 9.17) is 4.74 Å². The highest BCUT2D eigenvalue weighted by Gasteiger charge is 2.06. The summed E-state index contributed by atoms with van der Waals surface area (Å²) in [4.78, 5) is 13.5. The lowest BCUT2D eigenvalue weighted by molar-refractivity contribution is -0.910. The van der Waals surface area contributed by atoms with Crippen LogP contribution in [0, 0.1) is 0 Å². The number of hydrogen-bond acceptors (Lipinski definition) is 2. The molecule has 0 aliphatic heterocycles. The molecular weight excluding hydrogens is 380 g/mol. The van der Waals surface area contributed by atoms with Crippen LogP contribution in [0.5, 0.6) is 5.75 Å². The van der Waals surface area contributed by atoms with Gasteiger partial charge in [0.2, 0.25) is 0 Å². The highest BCUT2D eigenvalue weighted by molar-refractivity contribution is 9.10. The van der Waals surface area contributed by atoms with E-state index in [-0.39, 0.29) is 12.5 Å². The zero-order chi connectivity index (χ0) is 18.1. The third-order valence-corrected chi connectivity index (χ3v) is 4.63. The third kappa shape index (κ3) is 6.88. The van der Waals surface area contributed by atoms with E-state index in [0.29, 0.717) is 12.3 Å². The molecule has 0 atom stereocenters. The van der Waals surface area contributed by atoms with Crippen LogP contribution in [0.4, 0.5) is 0 Å². The Kier molecular flexibility index (Phi) is 7.95. The van der Waals surface area contributed by atoms with Gasteiger partial charge in [0.15, 0.2) is 6.61 Å². The normalized spacial score (nSPS) is 10.7. The Labute approximate surface area is 158 Å². The number of amides is 1. The Morgan fingerprint density at radius 1 is 1.08 bits per heavy atom. The van der Waals surface area contributed by atoms with Crippen molar-refractivity contribution in [3.8, 4) is 5.75 Å². The topological polar surface area (TPSA) is 42.8 Å². The molecule has 25 heavy (non-hydrogen) atoms. The molecule has 0 saturated heterocycles. The van der Waals surface area contributed by atoms with Crippen molar-refractivity contribution in [2.24, 2.45) is 0 Å². The molecule has 0 heterocycles. The van der Waals surface area contributed by atoms with Crippen LogP contribution < -0.4 is 15.0 Å². The number of ether oxygens (including phenoxy) is 1. The fraction of sp³-hybridized carbons (Fsp3) is 0.350. The fourth-order valence-electron chi connectivity index (χ4n) is 2.52. The van der Waals surface area contributed by atoms with Crippen LogP contribution in [0.25, 0.3) is 0 Å². The van der Waals surface area contributed by atoms with E-state index in [9.17, 15) is 4.79 Å². The first-order chi connectivity index (χ1) is 12.1. The van der Waals surface area contributed by atoms with Gasteiger partial charge >= 0.3 is 0 Å². The van der Waals surface area contributed by atoms with Crippen LogP contribution in [-0.2, 0) is 17.9 Å². The van der Waals surface area contributed by atoms with E-state index in [1.54, 1.807) is 4.90 Å². The smallest absolute Gasteiger partial charge is 0.258 e. The molecule has 2 aromatic carbocycles. The molecule has 0 aromatic heterocycles. The first kappa shape index (κ1) is 19.5. The Bertz CT molecular complexity index is 670. The minimum atomic E-state index is -0.128. The van der Waals surface area contributed by atoms with E-state index in [1.807, 2.05) is 24.3 Å². The second kappa shape index (κ2) is 10.2. The van der Waals surface area contributed by atoms with Crippen molar-refractivity contribution in [3.05, 3.63) is 64.1 Å². The standard InChI is InChI=1S/C20H25BrN2O2/c1-3-23(4-2)14-17-10-8-16(9-11-17)13-22-20(24)15-25-19-7-5-6-18(21)12-19/h5-12H,3-4,13-15H2,1-2H3,(H,22,24)/p+1. The SMILES string of the molecule is CC[NH+](CC)Cc1ccc(CNC(=O)COc2cccc(Br)c2)cc1. The molecule has 4 nitrogen and oxygen atoms in total. The number of halogens is 1. The van der Waals surface area contributed by atoms with Crippen LogP contribution in [0.15, 0.2) is 53.0 Å². The lowest BCUT2D eigenvalue weighted by atomic mass is 10.1. The molecular formula is C20H26BrN2O2+. The molecule has 0 spiro atoms. The van der Waals surface area contributed by atoms with Gasteiger partial charge in [-0.15, -0.1) is 0 Å². The van der Waals surface area contributed by atoms with Crippen molar-refractivity contribution >= 4 is 21.8 Å². The molecule has 1 amide bonds. The van der Waals surface area contributed by atoms with Crippen molar-refractivity contribution in [2.45, 2.75) is 26.9 Å². The Balaban J connectivity index is 1.75. The molecule has 0 radical (unpaired) electrons. The Hall–Kier alpha value is -1.85. The molecule has 134 valence electrons. The number of benzene rings is 2. The second-order valence-electron chi connectivity index (χ2n) is 5.97. The zero-order valence-electron chi connectivity index (χ0n) is 14.8. The van der Waals surface area contributed by atoms with Crippen molar-refractivity contribution in [2.75, 3.05) is 19.7 Å². The predicted octanol–water partition coefficient (Wildman–Crippen LogP) is 2.57. The Morgan fingerprint density at radius 3 is 2.40 bits per heavy atom. The summed E-state index contributed by atoms with van der Waals surface area (Å²) in [5.74, 6) is 0.546. The quantitative estimate of drug-likeness (QED) is 0.672. The van der Waals surface area contributed by atoms with Gasteiger partial charge in [0, 0.05) is 16.6 Å². The van der Waals surface area contributed by atoms with Gasteiger partial charge in [0.1, 0.15) is 12.3 Å². The summed E-state index contributed by atoms with van der Waals surface area (Å²) in [5, 5.41) is 2.89. The van der Waals surface area contributed by atoms with Gasteiger partial charge in [-0.1, -0.05) is 46.3 Å². The number of carbonyl (C=O) groups excluding carboxylic acids is 1. The fourth-order valence-corrected chi connectivity index (χ4v) is 2.90. The molecule has 0 aliphatic carbocycles. The average Bonchev–Trinajstić information content (AvgIpc) is 2.63. The number of hydrogen-bond donors (Lipinski definition) is 2. The number of rotatable bonds is 9. The van der Waals surface area contributed by atoms with Crippen molar-refractivity contribution in [1.29, 1.82) is 0 Å².